The molecule has 4 rings (SSSR count). The van der Waals surface area contributed by atoms with Crippen molar-refractivity contribution in [2.45, 2.75) is 30.6 Å². The summed E-state index contributed by atoms with van der Waals surface area (Å²) in [5.74, 6) is 1.23. The van der Waals surface area contributed by atoms with Crippen LogP contribution in [-0.4, -0.2) is 36.0 Å². The summed E-state index contributed by atoms with van der Waals surface area (Å²) >= 11 is 5.86. The fourth-order valence-electron chi connectivity index (χ4n) is 3.43. The molecule has 3 aromatic rings. The van der Waals surface area contributed by atoms with Crippen molar-refractivity contribution in [3.63, 3.8) is 0 Å². The van der Waals surface area contributed by atoms with Crippen molar-refractivity contribution >= 4 is 21.6 Å². The van der Waals surface area contributed by atoms with Gasteiger partial charge in [0.15, 0.2) is 5.82 Å². The molecule has 0 N–H and O–H groups in total. The van der Waals surface area contributed by atoms with Crippen LogP contribution in [0.2, 0.25) is 5.02 Å². The van der Waals surface area contributed by atoms with E-state index in [4.69, 9.17) is 16.1 Å². The van der Waals surface area contributed by atoms with Crippen molar-refractivity contribution in [1.29, 1.82) is 0 Å². The third-order valence-electron chi connectivity index (χ3n) is 5.09. The third kappa shape index (κ3) is 3.70. The van der Waals surface area contributed by atoms with E-state index in [0.29, 0.717) is 42.7 Å². The van der Waals surface area contributed by atoms with Crippen molar-refractivity contribution in [2.75, 3.05) is 13.1 Å². The van der Waals surface area contributed by atoms with Gasteiger partial charge in [-0.25, -0.2) is 8.42 Å². The molecule has 2 heterocycles. The lowest BCUT2D eigenvalue weighted by molar-refractivity contribution is 0.307. The van der Waals surface area contributed by atoms with Gasteiger partial charge in [0.25, 0.3) is 5.89 Å². The van der Waals surface area contributed by atoms with Gasteiger partial charge in [-0.2, -0.15) is 9.29 Å². The molecule has 146 valence electrons. The maximum Gasteiger partial charge on any atom is 0.258 e. The molecule has 28 heavy (non-hydrogen) atoms. The van der Waals surface area contributed by atoms with Crippen LogP contribution < -0.4 is 0 Å². The topological polar surface area (TPSA) is 76.3 Å². The first-order valence-electron chi connectivity index (χ1n) is 9.10. The molecule has 0 radical (unpaired) electrons. The number of aromatic nitrogens is 2. The van der Waals surface area contributed by atoms with Crippen LogP contribution in [0.4, 0.5) is 0 Å². The molecule has 6 nitrogen and oxygen atoms in total. The largest absolute Gasteiger partial charge is 0.334 e. The van der Waals surface area contributed by atoms with Crippen LogP contribution in [0.25, 0.3) is 11.5 Å². The van der Waals surface area contributed by atoms with Gasteiger partial charge in [0, 0.05) is 29.6 Å². The first-order chi connectivity index (χ1) is 13.4. The molecular weight excluding hydrogens is 398 g/mol. The van der Waals surface area contributed by atoms with Gasteiger partial charge < -0.3 is 4.52 Å². The zero-order chi connectivity index (χ0) is 19.7. The maximum atomic E-state index is 12.8. The molecule has 1 fully saturated rings. The molecule has 1 aliphatic heterocycles. The Kier molecular flexibility index (Phi) is 5.23. The lowest BCUT2D eigenvalue weighted by Gasteiger charge is -2.29. The highest BCUT2D eigenvalue weighted by molar-refractivity contribution is 7.89. The minimum atomic E-state index is -3.52. The Labute approximate surface area is 169 Å². The highest BCUT2D eigenvalue weighted by Crippen LogP contribution is 2.31. The van der Waals surface area contributed by atoms with Crippen LogP contribution >= 0.6 is 11.6 Å². The molecule has 1 aliphatic rings. The van der Waals surface area contributed by atoms with Crippen LogP contribution in [0.1, 0.15) is 30.1 Å². The summed E-state index contributed by atoms with van der Waals surface area (Å²) < 4.78 is 32.6. The highest BCUT2D eigenvalue weighted by Gasteiger charge is 2.31. The standard InChI is InChI=1S/C20H20ClN3O3S/c1-14-4-2-3-5-18(14)20-22-19(23-27-20)15-10-12-24(13-11-15)28(25,26)17-8-6-16(21)7-9-17/h2-9,15H,10-13H2,1H3. The van der Waals surface area contributed by atoms with E-state index in [9.17, 15) is 8.42 Å². The zero-order valence-electron chi connectivity index (χ0n) is 15.4. The summed E-state index contributed by atoms with van der Waals surface area (Å²) in [6.07, 6.45) is 1.30. The van der Waals surface area contributed by atoms with Crippen molar-refractivity contribution < 1.29 is 12.9 Å². The number of aryl methyl sites for hydroxylation is 1. The van der Waals surface area contributed by atoms with Crippen molar-refractivity contribution in [1.82, 2.24) is 14.4 Å². The van der Waals surface area contributed by atoms with Crippen molar-refractivity contribution in [3.8, 4) is 11.5 Å². The average molecular weight is 418 g/mol. The number of sulfonamides is 1. The van der Waals surface area contributed by atoms with Crippen LogP contribution in [0.5, 0.6) is 0 Å². The molecule has 0 amide bonds. The highest BCUT2D eigenvalue weighted by atomic mass is 35.5. The van der Waals surface area contributed by atoms with Crippen molar-refractivity contribution in [3.05, 3.63) is 64.9 Å². The Morgan fingerprint density at radius 1 is 1.07 bits per heavy atom. The summed E-state index contributed by atoms with van der Waals surface area (Å²) in [5.41, 5.74) is 1.99. The molecule has 0 unspecified atom stereocenters. The van der Waals surface area contributed by atoms with Gasteiger partial charge in [0.2, 0.25) is 10.0 Å². The van der Waals surface area contributed by atoms with E-state index in [-0.39, 0.29) is 10.8 Å². The maximum absolute atomic E-state index is 12.8. The molecule has 1 aromatic heterocycles. The minimum Gasteiger partial charge on any atom is -0.334 e. The average Bonchev–Trinajstić information content (AvgIpc) is 3.19. The first-order valence-corrected chi connectivity index (χ1v) is 10.9. The molecule has 1 saturated heterocycles. The van der Waals surface area contributed by atoms with Crippen LogP contribution in [-0.2, 0) is 10.0 Å². The Morgan fingerprint density at radius 3 is 2.43 bits per heavy atom. The zero-order valence-corrected chi connectivity index (χ0v) is 16.9. The second-order valence-corrected chi connectivity index (χ2v) is 9.28. The molecule has 2 aromatic carbocycles. The van der Waals surface area contributed by atoms with E-state index in [0.717, 1.165) is 11.1 Å². The van der Waals surface area contributed by atoms with Gasteiger partial charge in [-0.15, -0.1) is 0 Å². The second kappa shape index (κ2) is 7.66. The fourth-order valence-corrected chi connectivity index (χ4v) is 5.03. The number of halogens is 1. The third-order valence-corrected chi connectivity index (χ3v) is 7.25. The summed E-state index contributed by atoms with van der Waals surface area (Å²) in [5, 5.41) is 4.66. The predicted octanol–water partition coefficient (Wildman–Crippen LogP) is 4.27. The van der Waals surface area contributed by atoms with E-state index in [1.165, 1.54) is 16.4 Å². The Morgan fingerprint density at radius 2 is 1.75 bits per heavy atom. The summed E-state index contributed by atoms with van der Waals surface area (Å²) in [6, 6.07) is 14.1. The summed E-state index contributed by atoms with van der Waals surface area (Å²) in [7, 11) is -3.52. The van der Waals surface area contributed by atoms with E-state index >= 15 is 0 Å². The van der Waals surface area contributed by atoms with Crippen LogP contribution in [0.3, 0.4) is 0 Å². The lowest BCUT2D eigenvalue weighted by Crippen LogP contribution is -2.38. The molecule has 8 heteroatoms. The van der Waals surface area contributed by atoms with Crippen LogP contribution in [0.15, 0.2) is 57.9 Å². The molecular formula is C20H20ClN3O3S. The van der Waals surface area contributed by atoms with Gasteiger partial charge in [-0.05, 0) is 55.7 Å². The number of hydrogen-bond donors (Lipinski definition) is 0. The fraction of sp³-hybridized carbons (Fsp3) is 0.300. The monoisotopic (exact) mass is 417 g/mol. The van der Waals surface area contributed by atoms with Gasteiger partial charge in [-0.3, -0.25) is 0 Å². The Hall–Kier alpha value is -2.22. The molecule has 0 bridgehead atoms. The van der Waals surface area contributed by atoms with Gasteiger partial charge >= 0.3 is 0 Å². The van der Waals surface area contributed by atoms with E-state index in [1.54, 1.807) is 12.1 Å². The number of piperidine rings is 1. The first kappa shape index (κ1) is 19.1. The molecule has 0 spiro atoms. The summed E-state index contributed by atoms with van der Waals surface area (Å²) in [4.78, 5) is 4.82. The predicted molar refractivity (Wildman–Crippen MR) is 107 cm³/mol. The minimum absolute atomic E-state index is 0.0817. The smallest absolute Gasteiger partial charge is 0.258 e. The number of benzene rings is 2. The van der Waals surface area contributed by atoms with E-state index in [2.05, 4.69) is 10.1 Å². The second-order valence-electron chi connectivity index (χ2n) is 6.90. The quantitative estimate of drug-likeness (QED) is 0.633. The SMILES string of the molecule is Cc1ccccc1-c1nc(C2CCN(S(=O)(=O)c3ccc(Cl)cc3)CC2)no1. The van der Waals surface area contributed by atoms with Gasteiger partial charge in [0.1, 0.15) is 0 Å². The van der Waals surface area contributed by atoms with Gasteiger partial charge in [-0.1, -0.05) is 35.0 Å². The molecule has 0 atom stereocenters. The van der Waals surface area contributed by atoms with Crippen LogP contribution in [0, 0.1) is 6.92 Å². The Balaban J connectivity index is 1.46. The van der Waals surface area contributed by atoms with Gasteiger partial charge in [0.05, 0.1) is 4.90 Å². The molecule has 0 aliphatic carbocycles. The normalized spacial score (nSPS) is 16.4. The summed E-state index contributed by atoms with van der Waals surface area (Å²) in [6.45, 7) is 2.84. The Bertz CT molecular complexity index is 1070. The number of nitrogens with zero attached hydrogens (tertiary/aromatic N) is 3. The van der Waals surface area contributed by atoms with E-state index in [1.807, 2.05) is 31.2 Å². The van der Waals surface area contributed by atoms with Crippen molar-refractivity contribution in [2.24, 2.45) is 0 Å². The molecule has 0 saturated carbocycles. The van der Waals surface area contributed by atoms with E-state index < -0.39 is 10.0 Å². The number of hydrogen-bond acceptors (Lipinski definition) is 5. The number of rotatable bonds is 4. The lowest BCUT2D eigenvalue weighted by atomic mass is 9.97.